The molecule has 0 unspecified atom stereocenters. The summed E-state index contributed by atoms with van der Waals surface area (Å²) in [6, 6.07) is 10.5. The largest absolute Gasteiger partial charge is 0.334 e. The van der Waals surface area contributed by atoms with Crippen LogP contribution in [0.2, 0.25) is 0 Å². The molecule has 0 aliphatic carbocycles. The van der Waals surface area contributed by atoms with Gasteiger partial charge in [0.05, 0.1) is 5.52 Å². The van der Waals surface area contributed by atoms with Gasteiger partial charge in [0.2, 0.25) is 5.82 Å². The quantitative estimate of drug-likeness (QED) is 0.576. The molecule has 0 radical (unpaired) electrons. The first kappa shape index (κ1) is 14.5. The van der Waals surface area contributed by atoms with Crippen LogP contribution < -0.4 is 0 Å². The molecule has 0 saturated heterocycles. The molecule has 120 valence electrons. The summed E-state index contributed by atoms with van der Waals surface area (Å²) in [6.45, 7) is 4.46. The molecule has 2 heterocycles. The number of nitrogens with zero attached hydrogens (tertiary/aromatic N) is 5. The second kappa shape index (κ2) is 5.52. The van der Waals surface area contributed by atoms with E-state index in [1.54, 1.807) is 19.1 Å². The van der Waals surface area contributed by atoms with Crippen molar-refractivity contribution in [3.63, 3.8) is 0 Å². The van der Waals surface area contributed by atoms with Crippen molar-refractivity contribution in [1.82, 2.24) is 25.1 Å². The molecule has 0 saturated carbocycles. The number of halogens is 1. The second-order valence-corrected chi connectivity index (χ2v) is 5.50. The van der Waals surface area contributed by atoms with Gasteiger partial charge in [-0.25, -0.2) is 9.07 Å². The summed E-state index contributed by atoms with van der Waals surface area (Å²) in [5, 5.41) is 12.2. The second-order valence-electron chi connectivity index (χ2n) is 5.50. The standard InChI is InChI=1S/C17H14FN5O/c1-3-23-15-7-6-11(9-14(15)20-22-23)16-19-17(24-21-16)12-5-4-10(2)13(18)8-12/h4-9H,3H2,1-2H3. The van der Waals surface area contributed by atoms with E-state index in [9.17, 15) is 4.39 Å². The predicted molar refractivity (Wildman–Crippen MR) is 86.6 cm³/mol. The molecule has 6 nitrogen and oxygen atoms in total. The third-order valence-electron chi connectivity index (χ3n) is 3.92. The minimum atomic E-state index is -0.301. The van der Waals surface area contributed by atoms with Gasteiger partial charge in [0.15, 0.2) is 0 Å². The highest BCUT2D eigenvalue weighted by atomic mass is 19.1. The Morgan fingerprint density at radius 1 is 1.12 bits per heavy atom. The average Bonchev–Trinajstić information content (AvgIpc) is 3.23. The fraction of sp³-hybridized carbons (Fsp3) is 0.176. The van der Waals surface area contributed by atoms with Crippen LogP contribution in [-0.2, 0) is 6.54 Å². The van der Waals surface area contributed by atoms with E-state index in [1.807, 2.05) is 29.8 Å². The summed E-state index contributed by atoms with van der Waals surface area (Å²) in [5.74, 6) is 0.407. The number of rotatable bonds is 3. The van der Waals surface area contributed by atoms with Crippen LogP contribution in [0, 0.1) is 12.7 Å². The van der Waals surface area contributed by atoms with Crippen molar-refractivity contribution in [3.8, 4) is 22.8 Å². The highest BCUT2D eigenvalue weighted by Crippen LogP contribution is 2.25. The maximum Gasteiger partial charge on any atom is 0.258 e. The van der Waals surface area contributed by atoms with E-state index < -0.39 is 0 Å². The van der Waals surface area contributed by atoms with Crippen molar-refractivity contribution in [2.45, 2.75) is 20.4 Å². The lowest BCUT2D eigenvalue weighted by Crippen LogP contribution is -1.95. The summed E-state index contributed by atoms with van der Waals surface area (Å²) in [6.07, 6.45) is 0. The Morgan fingerprint density at radius 2 is 1.96 bits per heavy atom. The van der Waals surface area contributed by atoms with Crippen LogP contribution in [0.3, 0.4) is 0 Å². The molecule has 0 aliphatic heterocycles. The van der Waals surface area contributed by atoms with Crippen LogP contribution in [-0.4, -0.2) is 25.1 Å². The first-order valence-electron chi connectivity index (χ1n) is 7.59. The number of hydrogen-bond donors (Lipinski definition) is 0. The van der Waals surface area contributed by atoms with Crippen molar-refractivity contribution < 1.29 is 8.91 Å². The van der Waals surface area contributed by atoms with Crippen LogP contribution in [0.1, 0.15) is 12.5 Å². The zero-order valence-electron chi connectivity index (χ0n) is 13.2. The average molecular weight is 323 g/mol. The summed E-state index contributed by atoms with van der Waals surface area (Å²) in [7, 11) is 0. The van der Waals surface area contributed by atoms with Crippen molar-refractivity contribution in [2.24, 2.45) is 0 Å². The molecule has 2 aromatic carbocycles. The van der Waals surface area contributed by atoms with Gasteiger partial charge in [-0.2, -0.15) is 4.98 Å². The summed E-state index contributed by atoms with van der Waals surface area (Å²) < 4.78 is 20.8. The van der Waals surface area contributed by atoms with Gasteiger partial charge in [0, 0.05) is 17.7 Å². The van der Waals surface area contributed by atoms with Gasteiger partial charge in [-0.05, 0) is 49.7 Å². The molecule has 0 fully saturated rings. The Labute approximate surface area is 136 Å². The van der Waals surface area contributed by atoms with E-state index in [0.717, 1.165) is 23.1 Å². The smallest absolute Gasteiger partial charge is 0.258 e. The van der Waals surface area contributed by atoms with Crippen molar-refractivity contribution in [2.75, 3.05) is 0 Å². The van der Waals surface area contributed by atoms with Gasteiger partial charge in [-0.1, -0.05) is 16.4 Å². The minimum Gasteiger partial charge on any atom is -0.334 e. The van der Waals surface area contributed by atoms with Gasteiger partial charge in [0.1, 0.15) is 11.3 Å². The molecule has 2 aromatic heterocycles. The first-order valence-corrected chi connectivity index (χ1v) is 7.59. The van der Waals surface area contributed by atoms with Gasteiger partial charge >= 0.3 is 0 Å². The zero-order chi connectivity index (χ0) is 16.7. The van der Waals surface area contributed by atoms with Crippen LogP contribution in [0.5, 0.6) is 0 Å². The Hall–Kier alpha value is -3.09. The van der Waals surface area contributed by atoms with Crippen LogP contribution in [0.4, 0.5) is 4.39 Å². The molecular weight excluding hydrogens is 309 g/mol. The van der Waals surface area contributed by atoms with Crippen molar-refractivity contribution in [3.05, 3.63) is 47.8 Å². The topological polar surface area (TPSA) is 69.6 Å². The van der Waals surface area contributed by atoms with Gasteiger partial charge < -0.3 is 4.52 Å². The predicted octanol–water partition coefficient (Wildman–Crippen LogP) is 3.62. The molecule has 0 aliphatic rings. The monoisotopic (exact) mass is 323 g/mol. The maximum absolute atomic E-state index is 13.7. The van der Waals surface area contributed by atoms with E-state index in [4.69, 9.17) is 4.52 Å². The number of fused-ring (bicyclic) bond motifs is 1. The van der Waals surface area contributed by atoms with Crippen LogP contribution in [0.15, 0.2) is 40.9 Å². The molecule has 0 amide bonds. The fourth-order valence-corrected chi connectivity index (χ4v) is 2.53. The van der Waals surface area contributed by atoms with E-state index in [1.165, 1.54) is 6.07 Å². The van der Waals surface area contributed by atoms with E-state index >= 15 is 0 Å². The Bertz CT molecular complexity index is 1040. The van der Waals surface area contributed by atoms with Gasteiger partial charge in [-0.15, -0.1) is 5.10 Å². The third kappa shape index (κ3) is 2.34. The Balaban J connectivity index is 1.73. The molecule has 4 rings (SSSR count). The summed E-state index contributed by atoms with van der Waals surface area (Å²) >= 11 is 0. The molecule has 7 heteroatoms. The third-order valence-corrected chi connectivity index (χ3v) is 3.92. The lowest BCUT2D eigenvalue weighted by molar-refractivity contribution is 0.432. The lowest BCUT2D eigenvalue weighted by atomic mass is 10.1. The SMILES string of the molecule is CCn1nnc2cc(-c3noc(-c4ccc(C)c(F)c4)n3)ccc21. The first-order chi connectivity index (χ1) is 11.7. The van der Waals surface area contributed by atoms with Crippen molar-refractivity contribution >= 4 is 11.0 Å². The number of benzene rings is 2. The van der Waals surface area contributed by atoms with Crippen LogP contribution in [0.25, 0.3) is 33.9 Å². The number of aromatic nitrogens is 5. The number of aryl methyl sites for hydroxylation is 2. The minimum absolute atomic E-state index is 0.279. The zero-order valence-corrected chi connectivity index (χ0v) is 13.2. The Morgan fingerprint density at radius 3 is 2.75 bits per heavy atom. The molecular formula is C17H14FN5O. The fourth-order valence-electron chi connectivity index (χ4n) is 2.53. The lowest BCUT2D eigenvalue weighted by Gasteiger charge is -1.98. The molecule has 0 bridgehead atoms. The Kier molecular flexibility index (Phi) is 3.34. The van der Waals surface area contributed by atoms with E-state index in [-0.39, 0.29) is 11.7 Å². The number of hydrogen-bond acceptors (Lipinski definition) is 5. The molecule has 0 N–H and O–H groups in total. The molecule has 0 atom stereocenters. The highest BCUT2D eigenvalue weighted by Gasteiger charge is 2.13. The van der Waals surface area contributed by atoms with E-state index in [2.05, 4.69) is 20.5 Å². The van der Waals surface area contributed by atoms with E-state index in [0.29, 0.717) is 17.0 Å². The highest BCUT2D eigenvalue weighted by molar-refractivity contribution is 5.80. The summed E-state index contributed by atoms with van der Waals surface area (Å²) in [4.78, 5) is 4.36. The molecule has 24 heavy (non-hydrogen) atoms. The van der Waals surface area contributed by atoms with Crippen LogP contribution >= 0.6 is 0 Å². The van der Waals surface area contributed by atoms with Crippen molar-refractivity contribution in [1.29, 1.82) is 0 Å². The maximum atomic E-state index is 13.7. The van der Waals surface area contributed by atoms with Gasteiger partial charge in [-0.3, -0.25) is 0 Å². The van der Waals surface area contributed by atoms with Gasteiger partial charge in [0.25, 0.3) is 5.89 Å². The molecule has 0 spiro atoms. The molecule has 4 aromatic rings. The normalized spacial score (nSPS) is 11.3. The summed E-state index contributed by atoms with van der Waals surface area (Å²) in [5.41, 5.74) is 3.61.